The molecule has 158 valence electrons. The van der Waals surface area contributed by atoms with E-state index >= 15 is 0 Å². The number of carbonyl (C=O) groups is 2. The molecule has 1 atom stereocenters. The van der Waals surface area contributed by atoms with Gasteiger partial charge in [-0.2, -0.15) is 0 Å². The Morgan fingerprint density at radius 3 is 2.57 bits per heavy atom. The van der Waals surface area contributed by atoms with Crippen LogP contribution >= 0.6 is 11.8 Å². The van der Waals surface area contributed by atoms with Gasteiger partial charge in [-0.25, -0.2) is 0 Å². The second kappa shape index (κ2) is 9.00. The minimum absolute atomic E-state index is 0.0271. The number of hydrogen-bond acceptors (Lipinski definition) is 5. The van der Waals surface area contributed by atoms with Gasteiger partial charge in [0.05, 0.1) is 18.7 Å². The summed E-state index contributed by atoms with van der Waals surface area (Å²) >= 11 is 1.65. The average Bonchev–Trinajstić information content (AvgIpc) is 3.20. The third-order valence-electron chi connectivity index (χ3n) is 5.86. The fourth-order valence-electron chi connectivity index (χ4n) is 4.22. The van der Waals surface area contributed by atoms with Gasteiger partial charge in [-0.05, 0) is 36.6 Å². The van der Waals surface area contributed by atoms with E-state index in [9.17, 15) is 9.59 Å². The van der Waals surface area contributed by atoms with Gasteiger partial charge in [0, 0.05) is 49.7 Å². The van der Waals surface area contributed by atoms with Gasteiger partial charge in [-0.1, -0.05) is 18.2 Å². The van der Waals surface area contributed by atoms with E-state index in [0.717, 1.165) is 35.1 Å². The van der Waals surface area contributed by atoms with Crippen molar-refractivity contribution >= 4 is 35.0 Å². The van der Waals surface area contributed by atoms with Crippen molar-refractivity contribution in [2.24, 2.45) is 5.92 Å². The van der Waals surface area contributed by atoms with Crippen LogP contribution < -0.4 is 14.5 Å². The molecule has 0 radical (unpaired) electrons. The van der Waals surface area contributed by atoms with Crippen molar-refractivity contribution in [2.45, 2.75) is 11.3 Å². The molecule has 2 amide bonds. The van der Waals surface area contributed by atoms with Gasteiger partial charge in [-0.3, -0.25) is 9.59 Å². The fourth-order valence-corrected chi connectivity index (χ4v) is 4.67. The first-order valence-electron chi connectivity index (χ1n) is 10.2. The minimum Gasteiger partial charge on any atom is -0.495 e. The highest BCUT2D eigenvalue weighted by Crippen LogP contribution is 2.31. The molecule has 2 aromatic rings. The number of para-hydroxylation sites is 2. The number of hydrogen-bond donors (Lipinski definition) is 0. The Balaban J connectivity index is 1.38. The maximum absolute atomic E-state index is 13.1. The van der Waals surface area contributed by atoms with E-state index in [1.807, 2.05) is 59.7 Å². The zero-order chi connectivity index (χ0) is 21.1. The lowest BCUT2D eigenvalue weighted by Gasteiger charge is -2.37. The van der Waals surface area contributed by atoms with Crippen LogP contribution in [0, 0.1) is 5.92 Å². The summed E-state index contributed by atoms with van der Waals surface area (Å²) in [6, 6.07) is 15.9. The molecule has 0 unspecified atom stereocenters. The third-order valence-corrected chi connectivity index (χ3v) is 6.58. The van der Waals surface area contributed by atoms with Crippen LogP contribution in [0.4, 0.5) is 11.4 Å². The van der Waals surface area contributed by atoms with Crippen LogP contribution in [0.5, 0.6) is 5.75 Å². The number of benzene rings is 2. The molecule has 2 aromatic carbocycles. The monoisotopic (exact) mass is 425 g/mol. The quantitative estimate of drug-likeness (QED) is 0.689. The van der Waals surface area contributed by atoms with Crippen LogP contribution in [0.2, 0.25) is 0 Å². The molecule has 0 spiro atoms. The first-order chi connectivity index (χ1) is 14.6. The largest absolute Gasteiger partial charge is 0.495 e. The van der Waals surface area contributed by atoms with Crippen molar-refractivity contribution in [3.63, 3.8) is 0 Å². The molecule has 2 fully saturated rings. The molecule has 0 bridgehead atoms. The normalized spacial score (nSPS) is 19.3. The Morgan fingerprint density at radius 1 is 1.07 bits per heavy atom. The SMILES string of the molecule is COc1ccccc1N1CCN(C(=O)[C@@H]2CC(=O)N(c3cccc(SC)c3)C2)CC1. The molecule has 0 saturated carbocycles. The van der Waals surface area contributed by atoms with Crippen molar-refractivity contribution in [2.75, 3.05) is 55.9 Å². The highest BCUT2D eigenvalue weighted by molar-refractivity contribution is 7.98. The van der Waals surface area contributed by atoms with Gasteiger partial charge in [0.1, 0.15) is 5.75 Å². The van der Waals surface area contributed by atoms with Crippen molar-refractivity contribution in [3.8, 4) is 5.75 Å². The number of ether oxygens (including phenoxy) is 1. The molecule has 30 heavy (non-hydrogen) atoms. The van der Waals surface area contributed by atoms with Gasteiger partial charge in [-0.15, -0.1) is 11.8 Å². The van der Waals surface area contributed by atoms with Crippen LogP contribution in [0.25, 0.3) is 0 Å². The standard InChI is InChI=1S/C23H27N3O3S/c1-29-21-9-4-3-8-20(21)24-10-12-25(13-11-24)23(28)17-14-22(27)26(16-17)18-6-5-7-19(15-18)30-2/h3-9,15,17H,10-14,16H2,1-2H3/t17-/m1/s1. The maximum atomic E-state index is 13.1. The summed E-state index contributed by atoms with van der Waals surface area (Å²) in [6.45, 7) is 3.29. The predicted octanol–water partition coefficient (Wildman–Crippen LogP) is 3.12. The lowest BCUT2D eigenvalue weighted by molar-refractivity contribution is -0.136. The van der Waals surface area contributed by atoms with E-state index in [0.29, 0.717) is 19.6 Å². The summed E-state index contributed by atoms with van der Waals surface area (Å²) in [6.07, 6.45) is 2.30. The molecule has 2 aliphatic rings. The van der Waals surface area contributed by atoms with E-state index < -0.39 is 0 Å². The number of rotatable bonds is 5. The number of carbonyl (C=O) groups excluding carboxylic acids is 2. The highest BCUT2D eigenvalue weighted by Gasteiger charge is 2.38. The Hall–Kier alpha value is -2.67. The van der Waals surface area contributed by atoms with Crippen molar-refractivity contribution in [3.05, 3.63) is 48.5 Å². The van der Waals surface area contributed by atoms with E-state index in [1.165, 1.54) is 0 Å². The molecule has 4 rings (SSSR count). The van der Waals surface area contributed by atoms with Gasteiger partial charge in [0.25, 0.3) is 0 Å². The van der Waals surface area contributed by atoms with Gasteiger partial charge in [0.15, 0.2) is 0 Å². The second-order valence-electron chi connectivity index (χ2n) is 7.59. The molecule has 2 aliphatic heterocycles. The lowest BCUT2D eigenvalue weighted by Crippen LogP contribution is -2.50. The average molecular weight is 426 g/mol. The summed E-state index contributed by atoms with van der Waals surface area (Å²) in [5, 5.41) is 0. The number of anilines is 2. The van der Waals surface area contributed by atoms with Crippen LogP contribution in [-0.4, -0.2) is 62.8 Å². The number of thioether (sulfide) groups is 1. The molecule has 7 heteroatoms. The Labute approximate surface area is 181 Å². The second-order valence-corrected chi connectivity index (χ2v) is 8.47. The Kier molecular flexibility index (Phi) is 6.18. The fraction of sp³-hybridized carbons (Fsp3) is 0.391. The predicted molar refractivity (Wildman–Crippen MR) is 120 cm³/mol. The summed E-state index contributed by atoms with van der Waals surface area (Å²) in [4.78, 5) is 32.7. The maximum Gasteiger partial charge on any atom is 0.228 e. The van der Waals surface area contributed by atoms with Crippen LogP contribution in [0.1, 0.15) is 6.42 Å². The van der Waals surface area contributed by atoms with Crippen LogP contribution in [-0.2, 0) is 9.59 Å². The van der Waals surface area contributed by atoms with Gasteiger partial charge in [0.2, 0.25) is 11.8 Å². The molecule has 0 N–H and O–H groups in total. The summed E-state index contributed by atoms with van der Waals surface area (Å²) < 4.78 is 5.47. The van der Waals surface area contributed by atoms with E-state index in [1.54, 1.807) is 23.8 Å². The topological polar surface area (TPSA) is 53.1 Å². The molecule has 6 nitrogen and oxygen atoms in total. The molecular weight excluding hydrogens is 398 g/mol. The lowest BCUT2D eigenvalue weighted by atomic mass is 10.1. The first-order valence-corrected chi connectivity index (χ1v) is 11.4. The van der Waals surface area contributed by atoms with E-state index in [4.69, 9.17) is 4.74 Å². The summed E-state index contributed by atoms with van der Waals surface area (Å²) in [5.74, 6) is 0.695. The highest BCUT2D eigenvalue weighted by atomic mass is 32.2. The summed E-state index contributed by atoms with van der Waals surface area (Å²) in [7, 11) is 1.68. The van der Waals surface area contributed by atoms with Gasteiger partial charge < -0.3 is 19.4 Å². The Bertz CT molecular complexity index is 927. The minimum atomic E-state index is -0.270. The Morgan fingerprint density at radius 2 is 1.83 bits per heavy atom. The molecule has 0 aliphatic carbocycles. The molecule has 2 saturated heterocycles. The summed E-state index contributed by atoms with van der Waals surface area (Å²) in [5.41, 5.74) is 1.94. The third kappa shape index (κ3) is 4.12. The zero-order valence-corrected chi connectivity index (χ0v) is 18.2. The number of amides is 2. The zero-order valence-electron chi connectivity index (χ0n) is 17.4. The van der Waals surface area contributed by atoms with E-state index in [-0.39, 0.29) is 24.2 Å². The number of nitrogens with zero attached hydrogens (tertiary/aromatic N) is 3. The van der Waals surface area contributed by atoms with Crippen molar-refractivity contribution < 1.29 is 14.3 Å². The first kappa shape index (κ1) is 20.6. The van der Waals surface area contributed by atoms with Crippen molar-refractivity contribution in [1.29, 1.82) is 0 Å². The molecule has 2 heterocycles. The van der Waals surface area contributed by atoms with Crippen LogP contribution in [0.15, 0.2) is 53.4 Å². The number of methoxy groups -OCH3 is 1. The molecule has 0 aromatic heterocycles. The van der Waals surface area contributed by atoms with Crippen molar-refractivity contribution in [1.82, 2.24) is 4.90 Å². The number of piperazine rings is 1. The van der Waals surface area contributed by atoms with Crippen LogP contribution in [0.3, 0.4) is 0 Å². The molecular formula is C23H27N3O3S. The smallest absolute Gasteiger partial charge is 0.228 e. The van der Waals surface area contributed by atoms with Gasteiger partial charge >= 0.3 is 0 Å². The van der Waals surface area contributed by atoms with E-state index in [2.05, 4.69) is 4.90 Å².